The van der Waals surface area contributed by atoms with Gasteiger partial charge in [0.1, 0.15) is 0 Å². The second-order valence-electron chi connectivity index (χ2n) is 4.96. The van der Waals surface area contributed by atoms with E-state index in [9.17, 15) is 4.80 Å². The molecule has 0 aliphatic heterocycles. The maximum absolute atomic E-state index is 10.5. The number of benzene rings is 1. The van der Waals surface area contributed by atoms with Gasteiger partial charge in [0.15, 0.2) is 8.32 Å². The van der Waals surface area contributed by atoms with E-state index in [2.05, 4.69) is 20.0 Å². The van der Waals surface area contributed by atoms with Gasteiger partial charge in [-0.05, 0) is 30.9 Å². The fraction of sp³-hybridized carbons (Fsp3) is 0.500. The van der Waals surface area contributed by atoms with E-state index >= 15 is 0 Å². The lowest BCUT2D eigenvalue weighted by Crippen LogP contribution is -2.55. The van der Waals surface area contributed by atoms with Gasteiger partial charge >= 0.3 is 8.56 Å². The van der Waals surface area contributed by atoms with Crippen LogP contribution in [0.5, 0.6) is 0 Å². The zero-order valence-corrected chi connectivity index (χ0v) is 12.7. The summed E-state index contributed by atoms with van der Waals surface area (Å²) in [6.45, 7) is 8.39. The van der Waals surface area contributed by atoms with Crippen molar-refractivity contribution in [3.8, 4) is 0 Å². The standard InChI is InChI=1S/C12H22O2Si2/c1-5-11-15(2,3)14-16(4,13)12-9-7-6-8-10-12/h6-10,13H,5,11H2,1-4H3. The Morgan fingerprint density at radius 1 is 1.12 bits per heavy atom. The van der Waals surface area contributed by atoms with Gasteiger partial charge in [-0.2, -0.15) is 0 Å². The van der Waals surface area contributed by atoms with Gasteiger partial charge in [-0.3, -0.25) is 0 Å². The molecule has 0 bridgehead atoms. The molecular weight excluding hydrogens is 232 g/mol. The van der Waals surface area contributed by atoms with Crippen LogP contribution in [0.15, 0.2) is 30.3 Å². The van der Waals surface area contributed by atoms with Gasteiger partial charge in [0.05, 0.1) is 0 Å². The molecule has 1 unspecified atom stereocenters. The number of hydrogen-bond donors (Lipinski definition) is 1. The molecule has 0 aliphatic rings. The Balaban J connectivity index is 2.79. The van der Waals surface area contributed by atoms with Crippen molar-refractivity contribution < 1.29 is 8.91 Å². The van der Waals surface area contributed by atoms with Crippen molar-refractivity contribution in [1.82, 2.24) is 0 Å². The van der Waals surface area contributed by atoms with Crippen LogP contribution in [0, 0.1) is 0 Å². The topological polar surface area (TPSA) is 29.5 Å². The molecule has 1 rings (SSSR count). The van der Waals surface area contributed by atoms with Crippen LogP contribution < -0.4 is 5.19 Å². The summed E-state index contributed by atoms with van der Waals surface area (Å²) < 4.78 is 6.09. The molecule has 16 heavy (non-hydrogen) atoms. The zero-order chi connectivity index (χ0) is 12.2. The lowest BCUT2D eigenvalue weighted by Gasteiger charge is -2.32. The minimum absolute atomic E-state index is 0.965. The number of hydrogen-bond acceptors (Lipinski definition) is 2. The second kappa shape index (κ2) is 5.27. The molecule has 1 N–H and O–H groups in total. The maximum atomic E-state index is 10.5. The Labute approximate surface area is 101 Å². The van der Waals surface area contributed by atoms with Crippen molar-refractivity contribution in [2.45, 2.75) is 39.0 Å². The summed E-state index contributed by atoms with van der Waals surface area (Å²) in [5.74, 6) is 0. The first-order valence-corrected chi connectivity index (χ1v) is 11.3. The molecule has 0 heterocycles. The summed E-state index contributed by atoms with van der Waals surface area (Å²) in [4.78, 5) is 10.5. The molecule has 2 nitrogen and oxygen atoms in total. The molecule has 90 valence electrons. The lowest BCUT2D eigenvalue weighted by molar-refractivity contribution is 0.394. The SMILES string of the molecule is CCC[Si](C)(C)O[Si](C)(O)c1ccccc1. The highest BCUT2D eigenvalue weighted by Gasteiger charge is 2.36. The Morgan fingerprint density at radius 3 is 2.19 bits per heavy atom. The number of rotatable bonds is 5. The predicted octanol–water partition coefficient (Wildman–Crippen LogP) is 2.59. The Morgan fingerprint density at radius 2 is 1.69 bits per heavy atom. The van der Waals surface area contributed by atoms with Crippen LogP contribution in [-0.2, 0) is 4.12 Å². The molecule has 1 aromatic carbocycles. The van der Waals surface area contributed by atoms with Gasteiger partial charge in [0.2, 0.25) is 0 Å². The minimum atomic E-state index is -2.69. The highest BCUT2D eigenvalue weighted by molar-refractivity contribution is 6.88. The first kappa shape index (κ1) is 13.6. The normalized spacial score (nSPS) is 15.8. The average Bonchev–Trinajstić information content (AvgIpc) is 2.17. The molecule has 0 amide bonds. The molecule has 0 aliphatic carbocycles. The summed E-state index contributed by atoms with van der Waals surface area (Å²) in [5, 5.41) is 0.965. The predicted molar refractivity (Wildman–Crippen MR) is 73.6 cm³/mol. The van der Waals surface area contributed by atoms with Gasteiger partial charge < -0.3 is 8.91 Å². The molecule has 0 aromatic heterocycles. The molecule has 0 saturated carbocycles. The van der Waals surface area contributed by atoms with Crippen molar-refractivity contribution in [1.29, 1.82) is 0 Å². The van der Waals surface area contributed by atoms with Crippen LogP contribution in [0.25, 0.3) is 0 Å². The maximum Gasteiger partial charge on any atom is 0.356 e. The largest absolute Gasteiger partial charge is 0.433 e. The van der Waals surface area contributed by atoms with E-state index in [1.165, 1.54) is 0 Å². The van der Waals surface area contributed by atoms with Crippen LogP contribution in [0.2, 0.25) is 25.7 Å². The van der Waals surface area contributed by atoms with Gasteiger partial charge in [0, 0.05) is 0 Å². The van der Waals surface area contributed by atoms with Crippen LogP contribution in [-0.4, -0.2) is 21.7 Å². The van der Waals surface area contributed by atoms with Crippen LogP contribution in [0.4, 0.5) is 0 Å². The minimum Gasteiger partial charge on any atom is -0.433 e. The van der Waals surface area contributed by atoms with Crippen molar-refractivity contribution in [3.63, 3.8) is 0 Å². The fourth-order valence-corrected chi connectivity index (χ4v) is 9.20. The molecule has 0 radical (unpaired) electrons. The van der Waals surface area contributed by atoms with Gasteiger partial charge in [-0.25, -0.2) is 0 Å². The van der Waals surface area contributed by atoms with E-state index in [1.807, 2.05) is 36.9 Å². The summed E-state index contributed by atoms with van der Waals surface area (Å²) in [6, 6.07) is 10.9. The first-order chi connectivity index (χ1) is 7.37. The van der Waals surface area contributed by atoms with Crippen LogP contribution >= 0.6 is 0 Å². The van der Waals surface area contributed by atoms with E-state index < -0.39 is 16.9 Å². The summed E-state index contributed by atoms with van der Waals surface area (Å²) >= 11 is 0. The van der Waals surface area contributed by atoms with E-state index in [-0.39, 0.29) is 0 Å². The van der Waals surface area contributed by atoms with E-state index in [0.29, 0.717) is 0 Å². The Hall–Kier alpha value is -0.426. The van der Waals surface area contributed by atoms with Gasteiger partial charge in [-0.1, -0.05) is 43.7 Å². The van der Waals surface area contributed by atoms with E-state index in [1.54, 1.807) is 0 Å². The molecule has 1 aromatic rings. The van der Waals surface area contributed by atoms with Crippen LogP contribution in [0.1, 0.15) is 13.3 Å². The van der Waals surface area contributed by atoms with Crippen LogP contribution in [0.3, 0.4) is 0 Å². The Bertz CT molecular complexity index is 323. The van der Waals surface area contributed by atoms with Crippen molar-refractivity contribution in [2.24, 2.45) is 0 Å². The Kier molecular flexibility index (Phi) is 4.49. The van der Waals surface area contributed by atoms with Gasteiger partial charge in [-0.15, -0.1) is 0 Å². The smallest absolute Gasteiger partial charge is 0.356 e. The van der Waals surface area contributed by atoms with E-state index in [0.717, 1.165) is 17.7 Å². The monoisotopic (exact) mass is 254 g/mol. The molecule has 4 heteroatoms. The molecule has 0 saturated heterocycles. The third-order valence-electron chi connectivity index (χ3n) is 2.64. The van der Waals surface area contributed by atoms with Gasteiger partial charge in [0.25, 0.3) is 0 Å². The highest BCUT2D eigenvalue weighted by atomic mass is 28.4. The molecular formula is C12H22O2Si2. The molecule has 0 fully saturated rings. The molecule has 1 atom stereocenters. The third-order valence-corrected chi connectivity index (χ3v) is 9.55. The summed E-state index contributed by atoms with van der Waals surface area (Å²) in [5.41, 5.74) is 0. The first-order valence-electron chi connectivity index (χ1n) is 5.85. The van der Waals surface area contributed by atoms with Crippen molar-refractivity contribution >= 4 is 22.1 Å². The second-order valence-corrected chi connectivity index (χ2v) is 12.3. The van der Waals surface area contributed by atoms with E-state index in [4.69, 9.17) is 4.12 Å². The third kappa shape index (κ3) is 3.86. The molecule has 0 spiro atoms. The highest BCUT2D eigenvalue weighted by Crippen LogP contribution is 2.18. The zero-order valence-electron chi connectivity index (χ0n) is 10.7. The summed E-state index contributed by atoms with van der Waals surface area (Å²) in [6.07, 6.45) is 1.12. The summed E-state index contributed by atoms with van der Waals surface area (Å²) in [7, 11) is -4.40. The lowest BCUT2D eigenvalue weighted by atomic mass is 10.4. The van der Waals surface area contributed by atoms with Crippen molar-refractivity contribution in [2.75, 3.05) is 0 Å². The average molecular weight is 254 g/mol. The van der Waals surface area contributed by atoms with Crippen molar-refractivity contribution in [3.05, 3.63) is 30.3 Å². The fourth-order valence-electron chi connectivity index (χ4n) is 2.00. The quantitative estimate of drug-likeness (QED) is 0.819.